The first kappa shape index (κ1) is 9.41. The fourth-order valence-corrected chi connectivity index (χ4v) is 3.50. The molecule has 2 aliphatic rings. The molecule has 2 atom stereocenters. The van der Waals surface area contributed by atoms with Crippen molar-refractivity contribution in [2.75, 3.05) is 6.61 Å². The Morgan fingerprint density at radius 2 is 2.00 bits per heavy atom. The first-order valence-corrected chi connectivity index (χ1v) is 5.84. The lowest BCUT2D eigenvalue weighted by Crippen LogP contribution is -2.49. The lowest BCUT2D eigenvalue weighted by atomic mass is 9.63. The van der Waals surface area contributed by atoms with Gasteiger partial charge in [0.15, 0.2) is 0 Å². The Morgan fingerprint density at radius 1 is 1.20 bits per heavy atom. The second-order valence-electron chi connectivity index (χ2n) is 5.62. The first-order valence-electron chi connectivity index (χ1n) is 5.84. The predicted octanol–water partition coefficient (Wildman–Crippen LogP) is 3.07. The minimum atomic E-state index is 0.0847. The Morgan fingerprint density at radius 3 is 2.87 bits per heavy atom. The molecule has 0 saturated carbocycles. The van der Waals surface area contributed by atoms with Crippen LogP contribution in [0.1, 0.15) is 37.8 Å². The van der Waals surface area contributed by atoms with Crippen LogP contribution in [0.3, 0.4) is 0 Å². The average Bonchev–Trinajstić information content (AvgIpc) is 2.16. The average molecular weight is 202 g/mol. The highest BCUT2D eigenvalue weighted by Gasteiger charge is 2.46. The third-order valence-corrected chi connectivity index (χ3v) is 4.10. The SMILES string of the molecule is C[C@]12Cc3ccccc3[C@](C)(CCO1)C2. The predicted molar refractivity (Wildman–Crippen MR) is 61.1 cm³/mol. The van der Waals surface area contributed by atoms with Gasteiger partial charge in [-0.15, -0.1) is 0 Å². The molecule has 1 heteroatoms. The zero-order chi connectivity index (χ0) is 10.5. The summed E-state index contributed by atoms with van der Waals surface area (Å²) in [5.41, 5.74) is 3.49. The summed E-state index contributed by atoms with van der Waals surface area (Å²) in [6, 6.07) is 8.88. The van der Waals surface area contributed by atoms with E-state index in [1.54, 1.807) is 5.56 Å². The summed E-state index contributed by atoms with van der Waals surface area (Å²) < 4.78 is 5.96. The van der Waals surface area contributed by atoms with Crippen LogP contribution in [-0.4, -0.2) is 12.2 Å². The smallest absolute Gasteiger partial charge is 0.0703 e. The van der Waals surface area contributed by atoms with E-state index in [4.69, 9.17) is 4.74 Å². The number of ether oxygens (including phenoxy) is 1. The Kier molecular flexibility index (Phi) is 1.79. The zero-order valence-electron chi connectivity index (χ0n) is 9.55. The Bertz CT molecular complexity index is 398. The van der Waals surface area contributed by atoms with Crippen LogP contribution in [-0.2, 0) is 16.6 Å². The van der Waals surface area contributed by atoms with Gasteiger partial charge in [0.25, 0.3) is 0 Å². The molecule has 1 heterocycles. The standard InChI is InChI=1S/C14H18O/c1-13-7-8-15-14(2,10-13)9-11-5-3-4-6-12(11)13/h3-6H,7-10H2,1-2H3/t13-,14-/m1/s1. The van der Waals surface area contributed by atoms with Gasteiger partial charge in [-0.3, -0.25) is 0 Å². The molecule has 15 heavy (non-hydrogen) atoms. The molecule has 1 aromatic carbocycles. The maximum absolute atomic E-state index is 5.96. The van der Waals surface area contributed by atoms with Crippen LogP contribution in [0.15, 0.2) is 24.3 Å². The van der Waals surface area contributed by atoms with Crippen LogP contribution in [0.4, 0.5) is 0 Å². The van der Waals surface area contributed by atoms with Crippen LogP contribution in [0, 0.1) is 0 Å². The highest BCUT2D eigenvalue weighted by molar-refractivity contribution is 5.39. The molecule has 0 spiro atoms. The quantitative estimate of drug-likeness (QED) is 0.628. The molecular weight excluding hydrogens is 184 g/mol. The number of benzene rings is 1. The molecule has 1 aromatic rings. The van der Waals surface area contributed by atoms with Gasteiger partial charge >= 0.3 is 0 Å². The monoisotopic (exact) mass is 202 g/mol. The highest BCUT2D eigenvalue weighted by Crippen LogP contribution is 2.48. The van der Waals surface area contributed by atoms with E-state index in [1.807, 2.05) is 0 Å². The fraction of sp³-hybridized carbons (Fsp3) is 0.571. The highest BCUT2D eigenvalue weighted by atomic mass is 16.5. The molecule has 0 radical (unpaired) electrons. The van der Waals surface area contributed by atoms with Gasteiger partial charge in [0, 0.05) is 13.0 Å². The Hall–Kier alpha value is -0.820. The number of rotatable bonds is 0. The van der Waals surface area contributed by atoms with Gasteiger partial charge in [0.05, 0.1) is 5.60 Å². The maximum Gasteiger partial charge on any atom is 0.0703 e. The van der Waals surface area contributed by atoms with E-state index in [-0.39, 0.29) is 5.60 Å². The summed E-state index contributed by atoms with van der Waals surface area (Å²) >= 11 is 0. The molecular formula is C14H18O. The summed E-state index contributed by atoms with van der Waals surface area (Å²) in [5, 5.41) is 0. The Balaban J connectivity index is 2.16. The lowest BCUT2D eigenvalue weighted by Gasteiger charge is -2.50. The van der Waals surface area contributed by atoms with Gasteiger partial charge in [-0.05, 0) is 36.3 Å². The van der Waals surface area contributed by atoms with Crippen LogP contribution < -0.4 is 0 Å². The molecule has 1 saturated heterocycles. The minimum Gasteiger partial charge on any atom is -0.375 e. The topological polar surface area (TPSA) is 9.23 Å². The summed E-state index contributed by atoms with van der Waals surface area (Å²) in [6.45, 7) is 5.58. The first-order chi connectivity index (χ1) is 7.11. The van der Waals surface area contributed by atoms with Crippen molar-refractivity contribution < 1.29 is 4.74 Å². The van der Waals surface area contributed by atoms with E-state index in [2.05, 4.69) is 38.1 Å². The van der Waals surface area contributed by atoms with E-state index in [0.29, 0.717) is 5.41 Å². The molecule has 0 N–H and O–H groups in total. The van der Waals surface area contributed by atoms with E-state index < -0.39 is 0 Å². The second kappa shape index (κ2) is 2.85. The van der Waals surface area contributed by atoms with Crippen molar-refractivity contribution in [2.45, 2.75) is 44.1 Å². The van der Waals surface area contributed by atoms with Crippen molar-refractivity contribution in [1.29, 1.82) is 0 Å². The normalized spacial score (nSPS) is 38.5. The molecule has 1 nitrogen and oxygen atoms in total. The summed E-state index contributed by atoms with van der Waals surface area (Å²) in [6.07, 6.45) is 3.43. The minimum absolute atomic E-state index is 0.0847. The largest absolute Gasteiger partial charge is 0.375 e. The van der Waals surface area contributed by atoms with E-state index >= 15 is 0 Å². The van der Waals surface area contributed by atoms with Crippen molar-refractivity contribution in [3.05, 3.63) is 35.4 Å². The Labute approximate surface area is 91.5 Å². The van der Waals surface area contributed by atoms with Crippen molar-refractivity contribution in [1.82, 2.24) is 0 Å². The molecule has 0 unspecified atom stereocenters. The third-order valence-electron chi connectivity index (χ3n) is 4.10. The van der Waals surface area contributed by atoms with Gasteiger partial charge in [0.1, 0.15) is 0 Å². The van der Waals surface area contributed by atoms with Crippen molar-refractivity contribution in [3.63, 3.8) is 0 Å². The molecule has 0 aromatic heterocycles. The van der Waals surface area contributed by atoms with Crippen molar-refractivity contribution in [3.8, 4) is 0 Å². The molecule has 80 valence electrons. The van der Waals surface area contributed by atoms with E-state index in [1.165, 1.54) is 18.4 Å². The number of hydrogen-bond acceptors (Lipinski definition) is 1. The molecule has 1 fully saturated rings. The van der Waals surface area contributed by atoms with E-state index in [9.17, 15) is 0 Å². The molecule has 1 aliphatic heterocycles. The summed E-state index contributed by atoms with van der Waals surface area (Å²) in [5.74, 6) is 0. The molecule has 0 amide bonds. The van der Waals surface area contributed by atoms with Crippen LogP contribution in [0.25, 0.3) is 0 Å². The molecule has 2 bridgehead atoms. The maximum atomic E-state index is 5.96. The number of fused-ring (bicyclic) bond motifs is 4. The van der Waals surface area contributed by atoms with E-state index in [0.717, 1.165) is 13.0 Å². The van der Waals surface area contributed by atoms with Gasteiger partial charge in [0.2, 0.25) is 0 Å². The van der Waals surface area contributed by atoms with Gasteiger partial charge in [-0.2, -0.15) is 0 Å². The number of hydrogen-bond donors (Lipinski definition) is 0. The summed E-state index contributed by atoms with van der Waals surface area (Å²) in [7, 11) is 0. The second-order valence-corrected chi connectivity index (χ2v) is 5.62. The van der Waals surface area contributed by atoms with Crippen LogP contribution in [0.5, 0.6) is 0 Å². The molecule has 3 rings (SSSR count). The fourth-order valence-electron chi connectivity index (χ4n) is 3.50. The zero-order valence-corrected chi connectivity index (χ0v) is 9.55. The van der Waals surface area contributed by atoms with Gasteiger partial charge < -0.3 is 4.74 Å². The summed E-state index contributed by atoms with van der Waals surface area (Å²) in [4.78, 5) is 0. The van der Waals surface area contributed by atoms with Crippen molar-refractivity contribution >= 4 is 0 Å². The van der Waals surface area contributed by atoms with Gasteiger partial charge in [-0.25, -0.2) is 0 Å². The lowest BCUT2D eigenvalue weighted by molar-refractivity contribution is -0.0983. The van der Waals surface area contributed by atoms with Crippen LogP contribution >= 0.6 is 0 Å². The van der Waals surface area contributed by atoms with Gasteiger partial charge in [-0.1, -0.05) is 31.2 Å². The third kappa shape index (κ3) is 1.33. The van der Waals surface area contributed by atoms with Crippen molar-refractivity contribution in [2.24, 2.45) is 0 Å². The van der Waals surface area contributed by atoms with Crippen LogP contribution in [0.2, 0.25) is 0 Å². The molecule has 1 aliphatic carbocycles.